The van der Waals surface area contributed by atoms with Crippen molar-refractivity contribution in [2.24, 2.45) is 5.41 Å². The summed E-state index contributed by atoms with van der Waals surface area (Å²) in [4.78, 5) is 2.57. The van der Waals surface area contributed by atoms with Gasteiger partial charge in [0.25, 0.3) is 0 Å². The van der Waals surface area contributed by atoms with Gasteiger partial charge >= 0.3 is 0 Å². The van der Waals surface area contributed by atoms with Crippen LogP contribution in [0.3, 0.4) is 0 Å². The first-order valence-corrected chi connectivity index (χ1v) is 7.47. The van der Waals surface area contributed by atoms with Crippen molar-refractivity contribution in [3.05, 3.63) is 23.8 Å². The number of benzene rings is 1. The zero-order valence-corrected chi connectivity index (χ0v) is 11.0. The molecule has 0 aromatic heterocycles. The Bertz CT molecular complexity index is 452. The summed E-state index contributed by atoms with van der Waals surface area (Å²) in [6.07, 6.45) is 8.37. The normalized spacial score (nSPS) is 24.6. The molecule has 1 saturated carbocycles. The molecule has 0 amide bonds. The molecule has 1 N–H and O–H groups in total. The third-order valence-electron chi connectivity index (χ3n) is 5.11. The molecule has 4 rings (SSSR count). The molecule has 1 saturated heterocycles. The van der Waals surface area contributed by atoms with Crippen molar-refractivity contribution in [1.82, 2.24) is 0 Å². The van der Waals surface area contributed by atoms with Gasteiger partial charge in [-0.2, -0.15) is 0 Å². The zero-order valence-electron chi connectivity index (χ0n) is 11.0. The van der Waals surface area contributed by atoms with Gasteiger partial charge in [0.2, 0.25) is 0 Å². The van der Waals surface area contributed by atoms with Crippen molar-refractivity contribution < 1.29 is 0 Å². The van der Waals surface area contributed by atoms with Crippen LogP contribution in [0.25, 0.3) is 0 Å². The van der Waals surface area contributed by atoms with Crippen LogP contribution in [0, 0.1) is 5.41 Å². The van der Waals surface area contributed by atoms with Gasteiger partial charge in [-0.25, -0.2) is 0 Å². The molecule has 2 aliphatic heterocycles. The summed E-state index contributed by atoms with van der Waals surface area (Å²) in [5.74, 6) is 0. The number of aryl methyl sites for hydroxylation is 1. The molecule has 2 heterocycles. The van der Waals surface area contributed by atoms with Crippen LogP contribution in [0.2, 0.25) is 0 Å². The fraction of sp³-hybridized carbons (Fsp3) is 0.625. The second-order valence-electron chi connectivity index (χ2n) is 6.43. The Balaban J connectivity index is 1.52. The maximum Gasteiger partial charge on any atom is 0.0393 e. The third-order valence-corrected chi connectivity index (χ3v) is 5.11. The predicted octanol–water partition coefficient (Wildman–Crippen LogP) is 3.43. The van der Waals surface area contributed by atoms with Gasteiger partial charge in [-0.1, -0.05) is 18.9 Å². The molecule has 3 aliphatic rings. The number of hydrogen-bond donors (Lipinski definition) is 1. The molecule has 1 aromatic rings. The van der Waals surface area contributed by atoms with Gasteiger partial charge < -0.3 is 10.2 Å². The summed E-state index contributed by atoms with van der Waals surface area (Å²) in [7, 11) is 0. The molecule has 96 valence electrons. The molecule has 2 fully saturated rings. The van der Waals surface area contributed by atoms with Gasteiger partial charge in [-0.05, 0) is 43.4 Å². The molecule has 1 spiro atoms. The summed E-state index contributed by atoms with van der Waals surface area (Å²) in [6.45, 7) is 3.73. The minimum absolute atomic E-state index is 0.698. The summed E-state index contributed by atoms with van der Waals surface area (Å²) in [5, 5.41) is 3.54. The lowest BCUT2D eigenvalue weighted by Crippen LogP contribution is -2.55. The first-order valence-electron chi connectivity index (χ1n) is 7.47. The number of rotatable bonds is 1. The molecule has 2 nitrogen and oxygen atoms in total. The summed E-state index contributed by atoms with van der Waals surface area (Å²) in [6, 6.07) is 7.03. The van der Waals surface area contributed by atoms with Crippen LogP contribution in [-0.2, 0) is 6.42 Å². The van der Waals surface area contributed by atoms with Crippen molar-refractivity contribution in [3.63, 3.8) is 0 Å². The van der Waals surface area contributed by atoms with E-state index < -0.39 is 0 Å². The van der Waals surface area contributed by atoms with E-state index >= 15 is 0 Å². The monoisotopic (exact) mass is 242 g/mol. The van der Waals surface area contributed by atoms with E-state index in [1.54, 1.807) is 0 Å². The SMILES string of the molecule is c1cc2c(cc1N1CC3(CCCC3)C1)NCCC2. The van der Waals surface area contributed by atoms with Crippen LogP contribution in [-0.4, -0.2) is 19.6 Å². The van der Waals surface area contributed by atoms with Crippen LogP contribution in [0.15, 0.2) is 18.2 Å². The molecule has 0 bridgehead atoms. The maximum atomic E-state index is 3.54. The van der Waals surface area contributed by atoms with Crippen LogP contribution in [0.1, 0.15) is 37.7 Å². The van der Waals surface area contributed by atoms with Gasteiger partial charge in [-0.15, -0.1) is 0 Å². The fourth-order valence-corrected chi connectivity index (χ4v) is 4.03. The lowest BCUT2D eigenvalue weighted by atomic mass is 9.78. The largest absolute Gasteiger partial charge is 0.385 e. The average Bonchev–Trinajstić information content (AvgIpc) is 2.86. The minimum atomic E-state index is 0.698. The number of nitrogens with one attached hydrogen (secondary N) is 1. The van der Waals surface area contributed by atoms with Crippen molar-refractivity contribution in [2.75, 3.05) is 29.9 Å². The van der Waals surface area contributed by atoms with Crippen molar-refractivity contribution >= 4 is 11.4 Å². The topological polar surface area (TPSA) is 15.3 Å². The Morgan fingerprint density at radius 2 is 1.89 bits per heavy atom. The smallest absolute Gasteiger partial charge is 0.0393 e. The highest BCUT2D eigenvalue weighted by Gasteiger charge is 2.44. The van der Waals surface area contributed by atoms with E-state index in [4.69, 9.17) is 0 Å². The molecule has 0 unspecified atom stereocenters. The van der Waals surface area contributed by atoms with Crippen LogP contribution >= 0.6 is 0 Å². The summed E-state index contributed by atoms with van der Waals surface area (Å²) >= 11 is 0. The van der Waals surface area contributed by atoms with Crippen LogP contribution < -0.4 is 10.2 Å². The van der Waals surface area contributed by atoms with E-state index in [1.807, 2.05) is 0 Å². The van der Waals surface area contributed by atoms with Gasteiger partial charge in [0.05, 0.1) is 0 Å². The van der Waals surface area contributed by atoms with E-state index in [-0.39, 0.29) is 0 Å². The van der Waals surface area contributed by atoms with Gasteiger partial charge in [0.15, 0.2) is 0 Å². The van der Waals surface area contributed by atoms with Crippen LogP contribution in [0.4, 0.5) is 11.4 Å². The van der Waals surface area contributed by atoms with Crippen molar-refractivity contribution in [1.29, 1.82) is 0 Å². The Kier molecular flexibility index (Phi) is 2.33. The van der Waals surface area contributed by atoms with Crippen molar-refractivity contribution in [3.8, 4) is 0 Å². The second kappa shape index (κ2) is 3.91. The van der Waals surface area contributed by atoms with E-state index in [2.05, 4.69) is 28.4 Å². The Hall–Kier alpha value is -1.18. The molecular weight excluding hydrogens is 220 g/mol. The summed E-state index contributed by atoms with van der Waals surface area (Å²) < 4.78 is 0. The predicted molar refractivity (Wildman–Crippen MR) is 76.4 cm³/mol. The highest BCUT2D eigenvalue weighted by molar-refractivity contribution is 5.64. The van der Waals surface area contributed by atoms with E-state index in [0.29, 0.717) is 5.41 Å². The van der Waals surface area contributed by atoms with Gasteiger partial charge in [0, 0.05) is 36.4 Å². The zero-order chi connectivity index (χ0) is 12.0. The van der Waals surface area contributed by atoms with Gasteiger partial charge in [-0.3, -0.25) is 0 Å². The third kappa shape index (κ3) is 1.62. The van der Waals surface area contributed by atoms with Crippen LogP contribution in [0.5, 0.6) is 0 Å². The Morgan fingerprint density at radius 1 is 1.06 bits per heavy atom. The fourth-order valence-electron chi connectivity index (χ4n) is 4.03. The minimum Gasteiger partial charge on any atom is -0.385 e. The highest BCUT2D eigenvalue weighted by atomic mass is 15.2. The number of hydrogen-bond acceptors (Lipinski definition) is 2. The van der Waals surface area contributed by atoms with E-state index in [0.717, 1.165) is 6.54 Å². The quantitative estimate of drug-likeness (QED) is 0.811. The number of nitrogens with zero attached hydrogens (tertiary/aromatic N) is 1. The molecule has 2 heteroatoms. The Labute approximate surface area is 109 Å². The molecule has 1 aromatic carbocycles. The maximum absolute atomic E-state index is 3.54. The summed E-state index contributed by atoms with van der Waals surface area (Å²) in [5.41, 5.74) is 5.01. The molecule has 18 heavy (non-hydrogen) atoms. The molecule has 0 atom stereocenters. The van der Waals surface area contributed by atoms with Crippen molar-refractivity contribution in [2.45, 2.75) is 38.5 Å². The van der Waals surface area contributed by atoms with Gasteiger partial charge in [0.1, 0.15) is 0 Å². The average molecular weight is 242 g/mol. The second-order valence-corrected chi connectivity index (χ2v) is 6.43. The highest BCUT2D eigenvalue weighted by Crippen LogP contribution is 2.47. The number of anilines is 2. The molecule has 1 aliphatic carbocycles. The molecule has 0 radical (unpaired) electrons. The van der Waals surface area contributed by atoms with E-state index in [1.165, 1.54) is 68.6 Å². The standard InChI is InChI=1S/C16H22N2/c1-2-8-16(7-1)11-18(12-16)14-6-5-13-4-3-9-17-15(13)10-14/h5-6,10,17H,1-4,7-9,11-12H2. The Morgan fingerprint density at radius 3 is 2.72 bits per heavy atom. The number of fused-ring (bicyclic) bond motifs is 1. The first kappa shape index (κ1) is 10.7. The van der Waals surface area contributed by atoms with E-state index in [9.17, 15) is 0 Å². The first-order chi connectivity index (χ1) is 8.85. The lowest BCUT2D eigenvalue weighted by Gasteiger charge is -2.50. The molecular formula is C16H22N2. The lowest BCUT2D eigenvalue weighted by molar-refractivity contribution is 0.222.